The van der Waals surface area contributed by atoms with E-state index in [1.54, 1.807) is 24.3 Å². The van der Waals surface area contributed by atoms with Gasteiger partial charge in [-0.05, 0) is 67.9 Å². The molecule has 0 saturated carbocycles. The van der Waals surface area contributed by atoms with Gasteiger partial charge in [-0.2, -0.15) is 13.2 Å². The Morgan fingerprint density at radius 2 is 1.48 bits per heavy atom. The summed E-state index contributed by atoms with van der Waals surface area (Å²) in [5.74, 6) is -2.67. The van der Waals surface area contributed by atoms with E-state index < -0.39 is 54.1 Å². The summed E-state index contributed by atoms with van der Waals surface area (Å²) in [6, 6.07) is 16.9. The summed E-state index contributed by atoms with van der Waals surface area (Å²) in [6.45, 7) is 2.35. The highest BCUT2D eigenvalue weighted by molar-refractivity contribution is 7.57. The van der Waals surface area contributed by atoms with Crippen LogP contribution in [0.25, 0.3) is 0 Å². The zero-order valence-corrected chi connectivity index (χ0v) is 32.1. The molecule has 302 valence electrons. The van der Waals surface area contributed by atoms with Gasteiger partial charge in [0.2, 0.25) is 0 Å². The van der Waals surface area contributed by atoms with Crippen LogP contribution in [-0.2, 0) is 25.1 Å². The van der Waals surface area contributed by atoms with Crippen molar-refractivity contribution in [1.29, 1.82) is 0 Å². The van der Waals surface area contributed by atoms with E-state index in [4.69, 9.17) is 75.6 Å². The fourth-order valence-corrected chi connectivity index (χ4v) is 5.17. The Hall–Kier alpha value is -5.10. The Morgan fingerprint density at radius 1 is 0.893 bits per heavy atom. The molecule has 0 amide bonds. The van der Waals surface area contributed by atoms with Crippen LogP contribution in [0.2, 0.25) is 15.1 Å². The second kappa shape index (κ2) is 20.7. The number of para-hydroxylation sites is 1. The van der Waals surface area contributed by atoms with Gasteiger partial charge in [0.05, 0.1) is 26.1 Å². The maximum absolute atomic E-state index is 12.7. The molecular weight excluding hydrogens is 837 g/mol. The van der Waals surface area contributed by atoms with Crippen LogP contribution in [-0.4, -0.2) is 62.9 Å². The standard InChI is InChI=1S/C17H11Cl2F3O5.C12H9ClN2O3.C5H12NO4P/c1-8(15(23)24)26-16(25)11-7-10(3-4-12(11)18)27-14-5-2-9(6-13(14)19)17(20,21)22;13-11-10(18-8-4-2-1-3-5-8)7-6-9(12(11)14)15(16)17;1-11(9,10)3-2-4(6)5(7)8/h2-8H,1H3,(H,23,24);1-7H,14H2;4H,2-3,6H2,1H3,(H,7,8)(H,9,10)/t8-;;/m0../s1. The van der Waals surface area contributed by atoms with Gasteiger partial charge in [0, 0.05) is 18.9 Å². The van der Waals surface area contributed by atoms with Gasteiger partial charge in [-0.25, -0.2) is 9.59 Å². The molecule has 4 rings (SSSR count). The number of carboxylic acid groups (broad SMARTS) is 2. The summed E-state index contributed by atoms with van der Waals surface area (Å²) in [5.41, 5.74) is 9.22. The topological polar surface area (TPSA) is 252 Å². The Balaban J connectivity index is 0.000000321. The predicted octanol–water partition coefficient (Wildman–Crippen LogP) is 8.75. The summed E-state index contributed by atoms with van der Waals surface area (Å²) in [5, 5.41) is 27.5. The Bertz CT molecular complexity index is 2090. The summed E-state index contributed by atoms with van der Waals surface area (Å²) < 4.78 is 64.3. The van der Waals surface area contributed by atoms with Crippen LogP contribution >= 0.6 is 42.2 Å². The number of benzene rings is 4. The van der Waals surface area contributed by atoms with E-state index in [0.717, 1.165) is 25.1 Å². The van der Waals surface area contributed by atoms with Crippen molar-refractivity contribution in [1.82, 2.24) is 0 Å². The number of carbonyl (C=O) groups is 3. The molecule has 0 heterocycles. The fraction of sp³-hybridized carbons (Fsp3) is 0.206. The van der Waals surface area contributed by atoms with Crippen molar-refractivity contribution in [3.63, 3.8) is 0 Å². The van der Waals surface area contributed by atoms with Gasteiger partial charge in [-0.15, -0.1) is 0 Å². The van der Waals surface area contributed by atoms with Gasteiger partial charge in [-0.3, -0.25) is 19.5 Å². The van der Waals surface area contributed by atoms with E-state index in [-0.39, 0.29) is 61.8 Å². The molecule has 4 aromatic rings. The SMILES string of the molecule is CP(=O)(O)CCC(N)C(=O)O.C[C@H](OC(=O)c1cc(Oc2ccc(C(F)(F)F)cc2Cl)ccc1Cl)C(=O)O.Nc1c([N+](=O)[O-])ccc(Oc2ccccc2)c1Cl. The lowest BCUT2D eigenvalue weighted by Crippen LogP contribution is -2.30. The average Bonchev–Trinajstić information content (AvgIpc) is 3.10. The first-order valence-corrected chi connectivity index (χ1v) is 18.8. The molecule has 0 bridgehead atoms. The maximum atomic E-state index is 12.7. The van der Waals surface area contributed by atoms with Crippen molar-refractivity contribution < 1.29 is 66.4 Å². The number of ether oxygens (including phenoxy) is 3. The number of nitro groups is 1. The van der Waals surface area contributed by atoms with E-state index in [9.17, 15) is 42.2 Å². The molecular formula is C34H32Cl3F3N3O12P. The number of hydrogen-bond acceptors (Lipinski definition) is 11. The van der Waals surface area contributed by atoms with Crippen molar-refractivity contribution in [2.75, 3.05) is 18.6 Å². The van der Waals surface area contributed by atoms with E-state index in [0.29, 0.717) is 11.8 Å². The van der Waals surface area contributed by atoms with Crippen LogP contribution in [0.5, 0.6) is 23.0 Å². The zero-order valence-electron chi connectivity index (χ0n) is 28.9. The number of nitrogens with zero attached hydrogens (tertiary/aromatic N) is 1. The van der Waals surface area contributed by atoms with E-state index in [2.05, 4.69) is 0 Å². The van der Waals surface area contributed by atoms with Gasteiger partial charge < -0.3 is 40.8 Å². The number of nitrogen functional groups attached to an aromatic ring is 1. The summed E-state index contributed by atoms with van der Waals surface area (Å²) in [6.07, 6.45) is -5.96. The summed E-state index contributed by atoms with van der Waals surface area (Å²) >= 11 is 17.7. The number of esters is 1. The molecule has 0 aliphatic rings. The molecule has 4 aromatic carbocycles. The quantitative estimate of drug-likeness (QED) is 0.0294. The van der Waals surface area contributed by atoms with Gasteiger partial charge in [0.25, 0.3) is 5.69 Å². The number of hydrogen-bond donors (Lipinski definition) is 5. The van der Waals surface area contributed by atoms with Crippen LogP contribution in [0, 0.1) is 10.1 Å². The highest BCUT2D eigenvalue weighted by atomic mass is 35.5. The zero-order chi connectivity index (χ0) is 42.5. The lowest BCUT2D eigenvalue weighted by molar-refractivity contribution is -0.383. The molecule has 3 atom stereocenters. The third-order valence-corrected chi connectivity index (χ3v) is 8.84. The molecule has 56 heavy (non-hydrogen) atoms. The number of anilines is 1. The van der Waals surface area contributed by atoms with Crippen LogP contribution in [0.1, 0.15) is 29.3 Å². The number of nitrogens with two attached hydrogens (primary N) is 2. The minimum Gasteiger partial charge on any atom is -0.480 e. The van der Waals surface area contributed by atoms with E-state index in [1.165, 1.54) is 30.9 Å². The Morgan fingerprint density at radius 3 is 2.00 bits per heavy atom. The number of halogens is 6. The third-order valence-electron chi connectivity index (χ3n) is 6.74. The molecule has 7 N–H and O–H groups in total. The summed E-state index contributed by atoms with van der Waals surface area (Å²) in [7, 11) is -3.10. The summed E-state index contributed by atoms with van der Waals surface area (Å²) in [4.78, 5) is 51.8. The number of carboxylic acids is 2. The van der Waals surface area contributed by atoms with Gasteiger partial charge in [-0.1, -0.05) is 53.0 Å². The Kier molecular flexibility index (Phi) is 17.4. The number of aliphatic carboxylic acids is 2. The molecule has 0 saturated heterocycles. The largest absolute Gasteiger partial charge is 0.480 e. The van der Waals surface area contributed by atoms with Gasteiger partial charge in [0.1, 0.15) is 39.7 Å². The van der Waals surface area contributed by atoms with Crippen LogP contribution < -0.4 is 20.9 Å². The number of carbonyl (C=O) groups excluding carboxylic acids is 1. The molecule has 2 unspecified atom stereocenters. The molecule has 22 heteroatoms. The van der Waals surface area contributed by atoms with E-state index in [1.807, 2.05) is 6.07 Å². The van der Waals surface area contributed by atoms with Gasteiger partial charge in [0.15, 0.2) is 13.5 Å². The van der Waals surface area contributed by atoms with Crippen molar-refractivity contribution in [3.8, 4) is 23.0 Å². The number of alkyl halides is 3. The average molecular weight is 869 g/mol. The highest BCUT2D eigenvalue weighted by Gasteiger charge is 2.31. The lowest BCUT2D eigenvalue weighted by Gasteiger charge is -2.13. The lowest BCUT2D eigenvalue weighted by atomic mass is 10.2. The molecule has 0 radical (unpaired) electrons. The molecule has 0 aliphatic carbocycles. The molecule has 0 aromatic heterocycles. The minimum atomic E-state index is -4.56. The maximum Gasteiger partial charge on any atom is 0.416 e. The van der Waals surface area contributed by atoms with Crippen LogP contribution in [0.4, 0.5) is 24.5 Å². The van der Waals surface area contributed by atoms with Crippen molar-refractivity contribution in [2.24, 2.45) is 5.73 Å². The number of rotatable bonds is 12. The van der Waals surface area contributed by atoms with E-state index >= 15 is 0 Å². The fourth-order valence-electron chi connectivity index (χ4n) is 3.80. The molecule has 15 nitrogen and oxygen atoms in total. The first-order chi connectivity index (χ1) is 25.9. The molecule has 0 spiro atoms. The monoisotopic (exact) mass is 867 g/mol. The minimum absolute atomic E-state index is 0.0246. The smallest absolute Gasteiger partial charge is 0.416 e. The van der Waals surface area contributed by atoms with Gasteiger partial charge >= 0.3 is 24.1 Å². The molecule has 0 fully saturated rings. The first-order valence-electron chi connectivity index (χ1n) is 15.4. The van der Waals surface area contributed by atoms with Crippen molar-refractivity contribution in [2.45, 2.75) is 31.7 Å². The second-order valence-corrected chi connectivity index (χ2v) is 15.0. The van der Waals surface area contributed by atoms with Crippen molar-refractivity contribution >= 4 is 71.5 Å². The third kappa shape index (κ3) is 15.2. The van der Waals surface area contributed by atoms with Crippen LogP contribution in [0.15, 0.2) is 78.9 Å². The van der Waals surface area contributed by atoms with Crippen molar-refractivity contribution in [3.05, 3.63) is 115 Å². The second-order valence-electron chi connectivity index (χ2n) is 11.3. The van der Waals surface area contributed by atoms with Crippen LogP contribution in [0.3, 0.4) is 0 Å². The molecule has 0 aliphatic heterocycles. The normalized spacial score (nSPS) is 12.9. The number of nitro benzene ring substituents is 1. The first kappa shape index (κ1) is 47.1. The predicted molar refractivity (Wildman–Crippen MR) is 200 cm³/mol. The highest BCUT2D eigenvalue weighted by Crippen LogP contribution is 2.40. The Labute approximate surface area is 331 Å².